The molecule has 0 aliphatic carbocycles. The Hall–Kier alpha value is 0.691. The van der Waals surface area contributed by atoms with Gasteiger partial charge >= 0.3 is 73.1 Å². The van der Waals surface area contributed by atoms with Crippen molar-refractivity contribution in [3.8, 4) is 0 Å². The molecule has 1 N–H and O–H groups in total. The zero-order valence-electron chi connectivity index (χ0n) is 12.0. The topological polar surface area (TPSA) is 20.2 Å². The molecule has 0 unspecified atom stereocenters. The number of allylic oxidation sites excluding steroid dienone is 1. The van der Waals surface area contributed by atoms with Crippen molar-refractivity contribution in [2.75, 3.05) is 7.11 Å². The van der Waals surface area contributed by atoms with Crippen LogP contribution in [0.4, 0.5) is 51.8 Å². The average molecular weight is 375 g/mol. The maximum absolute atomic E-state index is 9.75. The summed E-state index contributed by atoms with van der Waals surface area (Å²) in [5, 5.41) is 7.00. The van der Waals surface area contributed by atoms with Crippen molar-refractivity contribution in [2.24, 2.45) is 0 Å². The smallest absolute Gasteiger partial charge is 1.00 e. The molecular formula is C4H11B3F12KO-3. The zero-order valence-corrected chi connectivity index (χ0v) is 14.1. The van der Waals surface area contributed by atoms with Gasteiger partial charge in [-0.25, -0.2) is 0 Å². The van der Waals surface area contributed by atoms with Crippen LogP contribution in [0.25, 0.3) is 0 Å². The Kier molecular flexibility index (Phi) is 37.2. The Bertz CT molecular complexity index is 150. The van der Waals surface area contributed by atoms with Crippen LogP contribution in [0.2, 0.25) is 0 Å². The first-order chi connectivity index (χ1) is 8.41. The fourth-order valence-corrected chi connectivity index (χ4v) is 0. The summed E-state index contributed by atoms with van der Waals surface area (Å²) in [6.07, 6.45) is 1.75. The fraction of sp³-hybridized carbons (Fsp3) is 0.500. The molecule has 0 radical (unpaired) electrons. The van der Waals surface area contributed by atoms with E-state index in [-0.39, 0.29) is 52.8 Å². The van der Waals surface area contributed by atoms with E-state index in [4.69, 9.17) is 5.11 Å². The van der Waals surface area contributed by atoms with Crippen molar-refractivity contribution in [2.45, 2.75) is 6.92 Å². The van der Waals surface area contributed by atoms with Gasteiger partial charge < -0.3 is 58.3 Å². The van der Waals surface area contributed by atoms with E-state index in [0.29, 0.717) is 0 Å². The SMILES string of the molecule is C=CC.CO.F[B-](F)(F)F.F[B-](F)(F)F.F[B-](F)(F)F.[H-].[K+]. The van der Waals surface area contributed by atoms with E-state index in [1.54, 1.807) is 6.08 Å². The molecule has 0 heterocycles. The van der Waals surface area contributed by atoms with Crippen LogP contribution in [0.5, 0.6) is 0 Å². The van der Waals surface area contributed by atoms with E-state index in [1.807, 2.05) is 6.92 Å². The number of halogens is 12. The molecule has 21 heavy (non-hydrogen) atoms. The Morgan fingerprint density at radius 1 is 0.667 bits per heavy atom. The first-order valence-electron chi connectivity index (χ1n) is 4.05. The zero-order chi connectivity index (χ0) is 18.2. The summed E-state index contributed by atoms with van der Waals surface area (Å²) < 4.78 is 117. The predicted octanol–water partition coefficient (Wildman–Crippen LogP) is 1.82. The molecule has 0 saturated heterocycles. The Morgan fingerprint density at radius 3 is 0.667 bits per heavy atom. The van der Waals surface area contributed by atoms with Crippen molar-refractivity contribution in [3.05, 3.63) is 12.7 Å². The van der Waals surface area contributed by atoms with Gasteiger partial charge in [0.2, 0.25) is 0 Å². The van der Waals surface area contributed by atoms with Crippen LogP contribution in [-0.4, -0.2) is 34.0 Å². The Labute approximate surface area is 157 Å². The molecule has 0 bridgehead atoms. The number of aliphatic hydroxyl groups is 1. The third kappa shape index (κ3) is 15100. The van der Waals surface area contributed by atoms with Gasteiger partial charge in [0, 0.05) is 7.11 Å². The predicted molar refractivity (Wildman–Crippen MR) is 55.7 cm³/mol. The Morgan fingerprint density at radius 2 is 0.667 bits per heavy atom. The van der Waals surface area contributed by atoms with Gasteiger partial charge in [0.25, 0.3) is 0 Å². The van der Waals surface area contributed by atoms with Crippen LogP contribution in [0.15, 0.2) is 12.7 Å². The molecule has 0 aromatic heterocycles. The number of aliphatic hydroxyl groups excluding tert-OH is 1. The minimum atomic E-state index is -6.00. The molecule has 0 aromatic rings. The summed E-state index contributed by atoms with van der Waals surface area (Å²) in [6, 6.07) is 0. The molecule has 17 heteroatoms. The van der Waals surface area contributed by atoms with Crippen LogP contribution in [0.1, 0.15) is 8.35 Å². The van der Waals surface area contributed by atoms with E-state index in [9.17, 15) is 51.8 Å². The van der Waals surface area contributed by atoms with E-state index >= 15 is 0 Å². The van der Waals surface area contributed by atoms with Gasteiger partial charge in [0.1, 0.15) is 0 Å². The molecule has 0 aromatic carbocycles. The van der Waals surface area contributed by atoms with Gasteiger partial charge in [-0.1, -0.05) is 6.08 Å². The van der Waals surface area contributed by atoms with Gasteiger partial charge in [0.05, 0.1) is 0 Å². The standard InChI is InChI=1S/C3H6.CH4O.3BF4.K.H/c1-3-2;1-2;3*2-1(3,4)5;;/h3H,1H2,2H3;2H,1H3;;;;;/q;;3*-1;+1;-1. The minimum Gasteiger partial charge on any atom is -1.00 e. The summed E-state index contributed by atoms with van der Waals surface area (Å²) >= 11 is 0. The van der Waals surface area contributed by atoms with E-state index < -0.39 is 21.8 Å². The summed E-state index contributed by atoms with van der Waals surface area (Å²) in [7, 11) is -17.0. The molecule has 0 amide bonds. The quantitative estimate of drug-likeness (QED) is 0.390. The molecule has 0 spiro atoms. The molecule has 0 rings (SSSR count). The van der Waals surface area contributed by atoms with E-state index in [1.165, 1.54) is 0 Å². The summed E-state index contributed by atoms with van der Waals surface area (Å²) in [5.41, 5.74) is 0. The Balaban J connectivity index is -0.0000000258. The molecule has 0 aliphatic heterocycles. The third-order valence-electron chi connectivity index (χ3n) is 0. The molecule has 1 nitrogen and oxygen atoms in total. The third-order valence-corrected chi connectivity index (χ3v) is 0. The molecular weight excluding hydrogens is 364 g/mol. The summed E-state index contributed by atoms with van der Waals surface area (Å²) in [5.74, 6) is 0. The minimum absolute atomic E-state index is 0. The summed E-state index contributed by atoms with van der Waals surface area (Å²) in [6.45, 7) is 5.25. The van der Waals surface area contributed by atoms with Crippen LogP contribution in [0.3, 0.4) is 0 Å². The maximum Gasteiger partial charge on any atom is 1.00 e. The number of hydrogen-bond acceptors (Lipinski definition) is 1. The molecule has 0 atom stereocenters. The first-order valence-corrected chi connectivity index (χ1v) is 4.05. The van der Waals surface area contributed by atoms with Crippen molar-refractivity contribution < 1.29 is 110 Å². The van der Waals surface area contributed by atoms with Gasteiger partial charge in [-0.3, -0.25) is 0 Å². The van der Waals surface area contributed by atoms with Crippen LogP contribution in [0, 0.1) is 0 Å². The molecule has 0 saturated carbocycles. The van der Waals surface area contributed by atoms with Crippen LogP contribution < -0.4 is 51.4 Å². The van der Waals surface area contributed by atoms with E-state index in [2.05, 4.69) is 6.58 Å². The van der Waals surface area contributed by atoms with Gasteiger partial charge in [-0.2, -0.15) is 0 Å². The van der Waals surface area contributed by atoms with Crippen molar-refractivity contribution in [3.63, 3.8) is 0 Å². The second kappa shape index (κ2) is 20.7. The first kappa shape index (κ1) is 37.7. The second-order valence-electron chi connectivity index (χ2n) is 1.89. The maximum atomic E-state index is 9.75. The van der Waals surface area contributed by atoms with Crippen molar-refractivity contribution in [1.82, 2.24) is 0 Å². The fourth-order valence-electron chi connectivity index (χ4n) is 0. The number of hydrogen-bond donors (Lipinski definition) is 1. The normalized spacial score (nSPS) is 9.48. The van der Waals surface area contributed by atoms with Gasteiger partial charge in [-0.05, 0) is 6.92 Å². The summed E-state index contributed by atoms with van der Waals surface area (Å²) in [4.78, 5) is 0. The van der Waals surface area contributed by atoms with Crippen LogP contribution in [-0.2, 0) is 0 Å². The molecule has 0 aliphatic rings. The van der Waals surface area contributed by atoms with Crippen LogP contribution >= 0.6 is 0 Å². The van der Waals surface area contributed by atoms with E-state index in [0.717, 1.165) is 7.11 Å². The molecule has 0 fully saturated rings. The van der Waals surface area contributed by atoms with Crippen molar-refractivity contribution in [1.29, 1.82) is 0 Å². The van der Waals surface area contributed by atoms with Gasteiger partial charge in [0.15, 0.2) is 0 Å². The largest absolute Gasteiger partial charge is 1.00 e. The molecule has 130 valence electrons. The average Bonchev–Trinajstić information content (AvgIpc) is 1.97. The monoisotopic (exact) mass is 375 g/mol. The number of rotatable bonds is 0. The second-order valence-corrected chi connectivity index (χ2v) is 1.89. The van der Waals surface area contributed by atoms with Crippen molar-refractivity contribution >= 4 is 21.8 Å². The van der Waals surface area contributed by atoms with Gasteiger partial charge in [-0.15, -0.1) is 6.58 Å².